The van der Waals surface area contributed by atoms with E-state index in [0.29, 0.717) is 5.69 Å². The Bertz CT molecular complexity index is 1430. The number of aryl methyl sites for hydroxylation is 2. The van der Waals surface area contributed by atoms with E-state index >= 15 is 0 Å². The molecule has 8 heteroatoms. The van der Waals surface area contributed by atoms with Crippen LogP contribution in [0.5, 0.6) is 0 Å². The normalized spacial score (nSPS) is 13.0. The van der Waals surface area contributed by atoms with E-state index in [0.717, 1.165) is 33.0 Å². The molecule has 2 unspecified atom stereocenters. The molecule has 0 radical (unpaired) electrons. The molecule has 0 aliphatic heterocycles. The summed E-state index contributed by atoms with van der Waals surface area (Å²) in [6.07, 6.45) is 0.749. The molecule has 0 heterocycles. The molecular weight excluding hydrogens is 534 g/mol. The minimum atomic E-state index is -4.10. The first-order chi connectivity index (χ1) is 19.3. The summed E-state index contributed by atoms with van der Waals surface area (Å²) in [7, 11) is -4.10. The molecule has 0 fully saturated rings. The summed E-state index contributed by atoms with van der Waals surface area (Å²) >= 11 is 0. The van der Waals surface area contributed by atoms with Gasteiger partial charge in [-0.2, -0.15) is 0 Å². The lowest BCUT2D eigenvalue weighted by Gasteiger charge is -2.33. The average Bonchev–Trinajstić information content (AvgIpc) is 2.95. The van der Waals surface area contributed by atoms with Crippen molar-refractivity contribution in [1.82, 2.24) is 10.2 Å². The van der Waals surface area contributed by atoms with Gasteiger partial charge in [0.1, 0.15) is 12.6 Å². The number of carbonyl (C=O) groups is 2. The highest BCUT2D eigenvalue weighted by molar-refractivity contribution is 7.92. The van der Waals surface area contributed by atoms with Gasteiger partial charge in [-0.15, -0.1) is 0 Å². The monoisotopic (exact) mass is 577 g/mol. The maximum Gasteiger partial charge on any atom is 0.264 e. The van der Waals surface area contributed by atoms with Crippen molar-refractivity contribution in [2.75, 3.05) is 10.8 Å². The van der Waals surface area contributed by atoms with Crippen molar-refractivity contribution in [2.45, 2.75) is 84.3 Å². The smallest absolute Gasteiger partial charge is 0.264 e. The Hall–Kier alpha value is -3.65. The molecule has 0 bridgehead atoms. The number of anilines is 1. The van der Waals surface area contributed by atoms with E-state index in [9.17, 15) is 18.0 Å². The van der Waals surface area contributed by atoms with Crippen LogP contribution in [0.1, 0.15) is 69.2 Å². The maximum atomic E-state index is 14.1. The van der Waals surface area contributed by atoms with Crippen LogP contribution in [0.15, 0.2) is 77.7 Å². The number of nitrogens with zero attached hydrogens (tertiary/aromatic N) is 2. The molecule has 41 heavy (non-hydrogen) atoms. The van der Waals surface area contributed by atoms with Crippen LogP contribution < -0.4 is 9.62 Å². The topological polar surface area (TPSA) is 86.8 Å². The third kappa shape index (κ3) is 7.97. The Balaban J connectivity index is 2.05. The summed E-state index contributed by atoms with van der Waals surface area (Å²) in [6, 6.07) is 20.6. The van der Waals surface area contributed by atoms with E-state index in [-0.39, 0.29) is 29.3 Å². The Labute approximate surface area is 245 Å². The van der Waals surface area contributed by atoms with Crippen molar-refractivity contribution >= 4 is 27.5 Å². The van der Waals surface area contributed by atoms with E-state index in [1.165, 1.54) is 4.90 Å². The lowest BCUT2D eigenvalue weighted by molar-refractivity contribution is -0.139. The summed E-state index contributed by atoms with van der Waals surface area (Å²) in [4.78, 5) is 28.9. The van der Waals surface area contributed by atoms with Gasteiger partial charge in [0.2, 0.25) is 11.8 Å². The van der Waals surface area contributed by atoms with Crippen molar-refractivity contribution < 1.29 is 18.0 Å². The van der Waals surface area contributed by atoms with Gasteiger partial charge in [0, 0.05) is 12.6 Å². The zero-order valence-corrected chi connectivity index (χ0v) is 26.0. The predicted octanol–water partition coefficient (Wildman–Crippen LogP) is 5.95. The summed E-state index contributed by atoms with van der Waals surface area (Å²) in [5, 5.41) is 2.96. The average molecular weight is 578 g/mol. The molecule has 0 spiro atoms. The Kier molecular flexibility index (Phi) is 10.7. The molecule has 3 rings (SSSR count). The highest BCUT2D eigenvalue weighted by Crippen LogP contribution is 2.27. The van der Waals surface area contributed by atoms with Crippen molar-refractivity contribution in [3.05, 3.63) is 95.1 Å². The first kappa shape index (κ1) is 31.9. The van der Waals surface area contributed by atoms with Crippen LogP contribution in [-0.4, -0.2) is 43.8 Å². The molecule has 0 saturated heterocycles. The van der Waals surface area contributed by atoms with Crippen molar-refractivity contribution in [3.63, 3.8) is 0 Å². The molecule has 0 saturated carbocycles. The largest absolute Gasteiger partial charge is 0.352 e. The number of sulfonamides is 1. The summed E-state index contributed by atoms with van der Waals surface area (Å²) in [5.41, 5.74) is 4.24. The lowest BCUT2D eigenvalue weighted by Crippen LogP contribution is -2.52. The molecule has 3 aromatic rings. The molecule has 0 aliphatic rings. The summed E-state index contributed by atoms with van der Waals surface area (Å²) in [6.45, 7) is 13.3. The fourth-order valence-electron chi connectivity index (χ4n) is 4.41. The Morgan fingerprint density at radius 2 is 1.46 bits per heavy atom. The fourth-order valence-corrected chi connectivity index (χ4v) is 5.82. The van der Waals surface area contributed by atoms with E-state index in [1.807, 2.05) is 64.1 Å². The van der Waals surface area contributed by atoms with Crippen LogP contribution in [0, 0.1) is 13.8 Å². The van der Waals surface area contributed by atoms with Crippen LogP contribution in [0.3, 0.4) is 0 Å². The third-order valence-corrected chi connectivity index (χ3v) is 9.29. The van der Waals surface area contributed by atoms with Crippen LogP contribution in [0.2, 0.25) is 0 Å². The number of amides is 2. The first-order valence-corrected chi connectivity index (χ1v) is 15.6. The van der Waals surface area contributed by atoms with Crippen LogP contribution in [-0.2, 0) is 26.2 Å². The predicted molar refractivity (Wildman–Crippen MR) is 165 cm³/mol. The zero-order chi connectivity index (χ0) is 30.3. The van der Waals surface area contributed by atoms with Gasteiger partial charge in [-0.25, -0.2) is 8.42 Å². The van der Waals surface area contributed by atoms with Gasteiger partial charge < -0.3 is 10.2 Å². The van der Waals surface area contributed by atoms with Gasteiger partial charge in [0.25, 0.3) is 10.0 Å². The molecule has 220 valence electrons. The van der Waals surface area contributed by atoms with E-state index in [4.69, 9.17) is 0 Å². The van der Waals surface area contributed by atoms with Gasteiger partial charge in [-0.3, -0.25) is 13.9 Å². The van der Waals surface area contributed by atoms with E-state index in [1.54, 1.807) is 43.3 Å². The second-order valence-corrected chi connectivity index (χ2v) is 12.9. The van der Waals surface area contributed by atoms with Crippen LogP contribution >= 0.6 is 0 Å². The summed E-state index contributed by atoms with van der Waals surface area (Å²) in [5.74, 6) is -0.485. The molecule has 0 aromatic heterocycles. The molecule has 7 nitrogen and oxygen atoms in total. The minimum absolute atomic E-state index is 0.0572. The van der Waals surface area contributed by atoms with Gasteiger partial charge in [-0.1, -0.05) is 74.9 Å². The fraction of sp³-hybridized carbons (Fsp3) is 0.394. The molecule has 1 N–H and O–H groups in total. The Morgan fingerprint density at radius 1 is 0.854 bits per heavy atom. The van der Waals surface area contributed by atoms with Crippen LogP contribution in [0.25, 0.3) is 0 Å². The number of hydrogen-bond acceptors (Lipinski definition) is 4. The van der Waals surface area contributed by atoms with Crippen molar-refractivity contribution in [1.29, 1.82) is 0 Å². The highest BCUT2D eigenvalue weighted by Gasteiger charge is 2.33. The molecule has 2 atom stereocenters. The van der Waals surface area contributed by atoms with Gasteiger partial charge in [0.15, 0.2) is 0 Å². The quantitative estimate of drug-likeness (QED) is 0.288. The molecule has 2 amide bonds. The van der Waals surface area contributed by atoms with Crippen LogP contribution in [0.4, 0.5) is 5.69 Å². The van der Waals surface area contributed by atoms with E-state index in [2.05, 4.69) is 19.2 Å². The minimum Gasteiger partial charge on any atom is -0.352 e. The summed E-state index contributed by atoms with van der Waals surface area (Å²) < 4.78 is 29.1. The second kappa shape index (κ2) is 13.8. The number of carbonyl (C=O) groups excluding carboxylic acids is 2. The molecule has 0 aliphatic carbocycles. The van der Waals surface area contributed by atoms with Gasteiger partial charge >= 0.3 is 0 Å². The number of rotatable bonds is 12. The van der Waals surface area contributed by atoms with Crippen molar-refractivity contribution in [2.24, 2.45) is 0 Å². The van der Waals surface area contributed by atoms with Gasteiger partial charge in [0.05, 0.1) is 10.6 Å². The number of benzene rings is 3. The maximum absolute atomic E-state index is 14.1. The van der Waals surface area contributed by atoms with Crippen molar-refractivity contribution in [3.8, 4) is 0 Å². The zero-order valence-electron chi connectivity index (χ0n) is 25.2. The number of hydrogen-bond donors (Lipinski definition) is 1. The molecule has 3 aromatic carbocycles. The lowest BCUT2D eigenvalue weighted by atomic mass is 10.0. The first-order valence-electron chi connectivity index (χ1n) is 14.2. The van der Waals surface area contributed by atoms with E-state index < -0.39 is 28.5 Å². The SMILES string of the molecule is CCC(C)NC(=O)C(C)N(Cc1ccccc1C)C(=O)CN(c1ccc(C(C)C)cc1)S(=O)(=O)c1ccc(C)cc1. The van der Waals surface area contributed by atoms with Gasteiger partial charge in [-0.05, 0) is 81.0 Å². The molecular formula is C33H43N3O4S. The highest BCUT2D eigenvalue weighted by atomic mass is 32.2. The Morgan fingerprint density at radius 3 is 2.02 bits per heavy atom. The second-order valence-electron chi connectivity index (χ2n) is 11.0. The number of nitrogens with one attached hydrogen (secondary N) is 1. The third-order valence-electron chi connectivity index (χ3n) is 7.51. The standard InChI is InChI=1S/C33H43N3O4S/c1-8-26(6)34-33(38)27(7)35(21-29-12-10-9-11-25(29)5)32(37)22-36(30-17-15-28(16-18-30)23(2)3)41(39,40)31-19-13-24(4)14-20-31/h9-20,23,26-27H,8,21-22H2,1-7H3,(H,34,38).